The van der Waals surface area contributed by atoms with E-state index in [2.05, 4.69) is 68.4 Å². The number of hydrogen-bond acceptors (Lipinski definition) is 11. The first kappa shape index (κ1) is 52.8. The Labute approximate surface area is 448 Å². The van der Waals surface area contributed by atoms with Gasteiger partial charge in [-0.2, -0.15) is 0 Å². The second kappa shape index (κ2) is 16.4. The average Bonchev–Trinajstić information content (AvgIpc) is 3.85. The van der Waals surface area contributed by atoms with Gasteiger partial charge in [-0.1, -0.05) is 89.3 Å². The summed E-state index contributed by atoms with van der Waals surface area (Å²) in [5, 5.41) is 34.7. The predicted molar refractivity (Wildman–Crippen MR) is 263 cm³/mol. The summed E-state index contributed by atoms with van der Waals surface area (Å²) in [4.78, 5) is 0. The van der Waals surface area contributed by atoms with E-state index in [0.717, 1.165) is 70.6 Å². The molecule has 6 aliphatic heterocycles. The molecule has 11 nitrogen and oxygen atoms in total. The maximum Gasteiger partial charge on any atom is 1.00 e. The molecule has 6 bridgehead atoms. The third-order valence-electron chi connectivity index (χ3n) is 24.9. The summed E-state index contributed by atoms with van der Waals surface area (Å²) in [5.41, 5.74) is 4.51. The Morgan fingerprint density at radius 1 is 0.831 bits per heavy atom. The van der Waals surface area contributed by atoms with Crippen molar-refractivity contribution in [3.63, 3.8) is 0 Å². The number of hydrogen-bond donors (Lipinski definition) is 3. The Morgan fingerprint density at radius 2 is 1.49 bits per heavy atom. The zero-order valence-corrected chi connectivity index (χ0v) is 48.3. The molecule has 10 fully saturated rings. The first-order valence-corrected chi connectivity index (χ1v) is 29.4. The van der Waals surface area contributed by atoms with Gasteiger partial charge in [-0.05, 0) is 176 Å². The van der Waals surface area contributed by atoms with Crippen molar-refractivity contribution in [2.45, 2.75) is 233 Å². The summed E-state index contributed by atoms with van der Waals surface area (Å²) in [7, 11) is -4.99. The van der Waals surface area contributed by atoms with Crippen molar-refractivity contribution < 1.29 is 81.0 Å². The van der Waals surface area contributed by atoms with Gasteiger partial charge in [-0.15, -0.1) is 0 Å². The number of rotatable bonds is 8. The van der Waals surface area contributed by atoms with Crippen LogP contribution in [0.1, 0.15) is 185 Å². The van der Waals surface area contributed by atoms with E-state index in [0.29, 0.717) is 74.4 Å². The molecule has 0 amide bonds. The third-order valence-corrected chi connectivity index (χ3v) is 25.4. The maximum absolute atomic E-state index is 12.4. The fraction of sp³-hybridized carbons (Fsp3) is 0.897. The minimum Gasteiger partial charge on any atom is -0.726 e. The summed E-state index contributed by atoms with van der Waals surface area (Å²) >= 11 is 0. The Balaban J connectivity index is 0.00000547. The van der Waals surface area contributed by atoms with Gasteiger partial charge in [0.1, 0.15) is 6.10 Å². The van der Waals surface area contributed by atoms with E-state index >= 15 is 0 Å². The molecule has 8 aliphatic carbocycles. The molecule has 14 aliphatic rings. The number of aliphatic hydroxyl groups is 3. The summed E-state index contributed by atoms with van der Waals surface area (Å²) in [5.74, 6) is -0.226. The smallest absolute Gasteiger partial charge is 0.726 e. The van der Waals surface area contributed by atoms with Crippen LogP contribution >= 0.6 is 0 Å². The number of ether oxygens (including phenoxy) is 4. The van der Waals surface area contributed by atoms with Gasteiger partial charge in [0.15, 0.2) is 5.79 Å². The molecule has 6 saturated heterocycles. The Kier molecular flexibility index (Phi) is 12.2. The fourth-order valence-corrected chi connectivity index (χ4v) is 21.9. The number of aliphatic hydroxyl groups excluding tert-OH is 1. The van der Waals surface area contributed by atoms with E-state index < -0.39 is 50.4 Å². The second-order valence-corrected chi connectivity index (χ2v) is 29.6. The van der Waals surface area contributed by atoms with Gasteiger partial charge < -0.3 is 38.8 Å². The van der Waals surface area contributed by atoms with Crippen molar-refractivity contribution >= 4 is 10.4 Å². The van der Waals surface area contributed by atoms with Gasteiger partial charge in [0.25, 0.3) is 0 Å². The number of fused-ring (bicyclic) bond motifs is 10. The third kappa shape index (κ3) is 7.02. The molecule has 13 heteroatoms. The van der Waals surface area contributed by atoms with Crippen LogP contribution in [0.15, 0.2) is 33.9 Å². The quantitative estimate of drug-likeness (QED) is 0.0973. The van der Waals surface area contributed by atoms with Gasteiger partial charge >= 0.3 is 29.6 Å². The molecular weight excluding hydrogens is 928 g/mol. The molecule has 71 heavy (non-hydrogen) atoms. The molecule has 19 atom stereocenters. The van der Waals surface area contributed by atoms with E-state index in [9.17, 15) is 28.3 Å². The van der Waals surface area contributed by atoms with Crippen LogP contribution in [0.2, 0.25) is 0 Å². The molecule has 0 radical (unpaired) electrons. The van der Waals surface area contributed by atoms with Crippen LogP contribution in [0.5, 0.6) is 0 Å². The molecule has 1 unspecified atom stereocenters. The summed E-state index contributed by atoms with van der Waals surface area (Å²) in [6.45, 7) is 25.9. The van der Waals surface area contributed by atoms with Crippen LogP contribution in [-0.2, 0) is 33.5 Å². The molecule has 392 valence electrons. The zero-order chi connectivity index (χ0) is 50.0. The molecule has 0 aromatic rings. The summed E-state index contributed by atoms with van der Waals surface area (Å²) in [6, 6.07) is 0. The van der Waals surface area contributed by atoms with Crippen molar-refractivity contribution in [2.75, 3.05) is 13.2 Å². The van der Waals surface area contributed by atoms with Crippen molar-refractivity contribution in [3.8, 4) is 0 Å². The van der Waals surface area contributed by atoms with E-state index in [1.54, 1.807) is 5.57 Å². The van der Waals surface area contributed by atoms with Crippen molar-refractivity contribution in [3.05, 3.63) is 33.9 Å². The minimum absolute atomic E-state index is 0. The van der Waals surface area contributed by atoms with Crippen molar-refractivity contribution in [2.24, 2.45) is 79.8 Å². The van der Waals surface area contributed by atoms with Crippen LogP contribution in [0, 0.1) is 79.8 Å². The first-order valence-electron chi connectivity index (χ1n) is 28.1. The van der Waals surface area contributed by atoms with E-state index in [1.807, 2.05) is 13.8 Å². The van der Waals surface area contributed by atoms with Crippen molar-refractivity contribution in [1.29, 1.82) is 0 Å². The molecule has 0 aromatic carbocycles. The molecule has 2 spiro atoms. The van der Waals surface area contributed by atoms with Gasteiger partial charge in [0, 0.05) is 34.0 Å². The van der Waals surface area contributed by atoms with Gasteiger partial charge in [0.05, 0.1) is 42.7 Å². The molecule has 14 rings (SSSR count). The van der Waals surface area contributed by atoms with Crippen LogP contribution in [-0.4, -0.2) is 88.7 Å². The SMILES string of the molecule is C[C@@H]([C@H]1CC[C@H]2C3=C(CC[C@]12C)[C@]12CC[C@@](O)(OC1)C(C)(C)C2[C@@H](OS(=O)(=O)[O-])C3)[C@H]1C[C@@H]2C[C@@](C)(OC2(C)C)[C@H](CC[C@@H](C)[C@H]2CC[C@H]3C4=C(CC[C@]23C)[C@@]23CO[C@](O)([C@@H](O)C2)C(C)(C)C3=CC4)O1.[Na+]. The standard InChI is InChI=1S/C58H88O11S.Na/c1-32(37-14-16-39-35-13-18-45-49(3,4)58(61)46(59)29-56(45,31-66-58)41(35)20-22-52(37,39)9)12-19-47-54(11)28-34(51(7,8)69-54)26-43(67-47)33(2)38-15-17-40-36-27-44(68-70(62,63)64)48-50(5,6)57(60)25-24-55(48,30-65-57)42(36)21-23-53(38,40)10;/h18,32-34,37-40,43-44,46-48,59-61H,12-17,19-31H2,1-11H3,(H,62,63,64);/q;+1/p-1/t32-,33+,34-,37-,38-,39+,40+,43-,44+,46+,47+,48?,52-,53-,54-,55+,56+,57-,58-;/m1./s1. The normalized spacial score (nSPS) is 51.5. The van der Waals surface area contributed by atoms with Gasteiger partial charge in [-0.3, -0.25) is 4.18 Å². The number of allylic oxidation sites excluding steroid dienone is 2. The van der Waals surface area contributed by atoms with Crippen LogP contribution in [0.4, 0.5) is 0 Å². The maximum atomic E-state index is 12.4. The van der Waals surface area contributed by atoms with E-state index in [1.165, 1.54) is 35.1 Å². The Hall–Kier alpha value is -0.190. The first-order chi connectivity index (χ1) is 32.5. The second-order valence-electron chi connectivity index (χ2n) is 28.6. The van der Waals surface area contributed by atoms with E-state index in [4.69, 9.17) is 23.1 Å². The molecule has 0 aromatic heterocycles. The van der Waals surface area contributed by atoms with Crippen LogP contribution < -0.4 is 29.6 Å². The average molecular weight is 1020 g/mol. The minimum atomic E-state index is -4.99. The monoisotopic (exact) mass is 1010 g/mol. The zero-order valence-electron chi connectivity index (χ0n) is 45.5. The molecule has 3 N–H and O–H groups in total. The Morgan fingerprint density at radius 3 is 2.15 bits per heavy atom. The fourth-order valence-electron chi connectivity index (χ4n) is 21.4. The van der Waals surface area contributed by atoms with Crippen LogP contribution in [0.3, 0.4) is 0 Å². The molecule has 4 saturated carbocycles. The topological polar surface area (TPSA) is 164 Å². The summed E-state index contributed by atoms with van der Waals surface area (Å²) in [6.07, 6.45) is 16.6. The molecular formula is C58H87NaO11S. The van der Waals surface area contributed by atoms with Crippen LogP contribution in [0.25, 0.3) is 0 Å². The predicted octanol–water partition coefficient (Wildman–Crippen LogP) is 7.24. The molecule has 6 heterocycles. The largest absolute Gasteiger partial charge is 1.00 e. The van der Waals surface area contributed by atoms with Crippen molar-refractivity contribution in [1.82, 2.24) is 0 Å². The summed E-state index contributed by atoms with van der Waals surface area (Å²) < 4.78 is 70.3. The van der Waals surface area contributed by atoms with E-state index in [-0.39, 0.29) is 81.0 Å². The Bertz CT molecular complexity index is 2420. The van der Waals surface area contributed by atoms with Gasteiger partial charge in [-0.25, -0.2) is 8.42 Å². The van der Waals surface area contributed by atoms with Gasteiger partial charge in [0.2, 0.25) is 16.2 Å².